The maximum absolute atomic E-state index is 13.0. The Labute approximate surface area is 206 Å². The Morgan fingerprint density at radius 1 is 1.14 bits per heavy atom. The number of primary sulfonamides is 1. The molecule has 3 heterocycles. The molecule has 35 heavy (non-hydrogen) atoms. The van der Waals surface area contributed by atoms with E-state index in [9.17, 15) is 18.0 Å². The Kier molecular flexibility index (Phi) is 6.31. The second-order valence-electron chi connectivity index (χ2n) is 8.43. The summed E-state index contributed by atoms with van der Waals surface area (Å²) in [5, 5.41) is 8.38. The van der Waals surface area contributed by atoms with Crippen LogP contribution in [0.15, 0.2) is 61.6 Å². The van der Waals surface area contributed by atoms with Gasteiger partial charge in [-0.3, -0.25) is 9.59 Å². The highest BCUT2D eigenvalue weighted by Gasteiger charge is 2.21. The Morgan fingerprint density at radius 2 is 1.86 bits per heavy atom. The van der Waals surface area contributed by atoms with Crippen molar-refractivity contribution >= 4 is 38.3 Å². The van der Waals surface area contributed by atoms with Gasteiger partial charge in [0, 0.05) is 36.0 Å². The molecule has 0 aliphatic heterocycles. The number of halogens is 1. The molecule has 0 saturated carbocycles. The lowest BCUT2D eigenvalue weighted by molar-refractivity contribution is 0.594. The molecule has 3 aromatic heterocycles. The van der Waals surface area contributed by atoms with Gasteiger partial charge in [0.1, 0.15) is 16.5 Å². The second-order valence-corrected chi connectivity index (χ2v) is 10.3. The first-order valence-corrected chi connectivity index (χ1v) is 12.5. The van der Waals surface area contributed by atoms with Gasteiger partial charge in [0.15, 0.2) is 10.5 Å². The molecule has 0 bridgehead atoms. The molecule has 1 aromatic carbocycles. The molecule has 4 aromatic rings. The van der Waals surface area contributed by atoms with Crippen LogP contribution in [0.2, 0.25) is 5.15 Å². The summed E-state index contributed by atoms with van der Waals surface area (Å²) in [6.45, 7) is 5.33. The molecule has 0 spiro atoms. The van der Waals surface area contributed by atoms with Crippen LogP contribution in [0.4, 0.5) is 5.69 Å². The topological polar surface area (TPSA) is 137 Å². The first-order chi connectivity index (χ1) is 16.3. The summed E-state index contributed by atoms with van der Waals surface area (Å²) < 4.78 is 31.7. The van der Waals surface area contributed by atoms with Gasteiger partial charge < -0.3 is 14.3 Å². The minimum absolute atomic E-state index is 0.0172. The lowest BCUT2D eigenvalue weighted by Crippen LogP contribution is -2.19. The van der Waals surface area contributed by atoms with Gasteiger partial charge in [-0.25, -0.2) is 18.5 Å². The fourth-order valence-corrected chi connectivity index (χ4v) is 4.82. The molecular formula is C24H23ClN4O5S. The Balaban J connectivity index is 1.89. The summed E-state index contributed by atoms with van der Waals surface area (Å²) in [6, 6.07) is 9.04. The van der Waals surface area contributed by atoms with Gasteiger partial charge >= 0.3 is 0 Å². The van der Waals surface area contributed by atoms with E-state index in [4.69, 9.17) is 21.2 Å². The molecule has 182 valence electrons. The van der Waals surface area contributed by atoms with Crippen molar-refractivity contribution in [2.24, 2.45) is 12.2 Å². The molecule has 0 amide bonds. The van der Waals surface area contributed by atoms with E-state index in [0.29, 0.717) is 33.4 Å². The smallest absolute Gasteiger partial charge is 0.257 e. The summed E-state index contributed by atoms with van der Waals surface area (Å²) in [4.78, 5) is 29.0. The van der Waals surface area contributed by atoms with E-state index in [1.807, 2.05) is 13.0 Å². The molecule has 4 rings (SSSR count). The average molecular weight is 515 g/mol. The van der Waals surface area contributed by atoms with E-state index >= 15 is 0 Å². The minimum Gasteiger partial charge on any atom is -0.455 e. The summed E-state index contributed by atoms with van der Waals surface area (Å²) in [6.07, 6.45) is 1.60. The monoisotopic (exact) mass is 514 g/mol. The number of anilines is 1. The molecule has 1 atom stereocenters. The van der Waals surface area contributed by atoms with Gasteiger partial charge in [-0.1, -0.05) is 17.7 Å². The number of sulfonamides is 1. The number of nitrogens with two attached hydrogens (primary N) is 1. The van der Waals surface area contributed by atoms with E-state index < -0.39 is 21.1 Å². The maximum Gasteiger partial charge on any atom is 0.257 e. The zero-order chi connectivity index (χ0) is 25.7. The molecule has 0 radical (unpaired) electrons. The molecule has 0 unspecified atom stereocenters. The van der Waals surface area contributed by atoms with Gasteiger partial charge in [-0.15, -0.1) is 0 Å². The SMILES string of the molecule is Cc1cc([C@@H](C)Nc2ccc(Cl)nc2S(N)(=O)=O)c2oc(-c3cc(C)c(=O)n(C)c3)cc(=O)c2c1. The van der Waals surface area contributed by atoms with E-state index in [2.05, 4.69) is 10.3 Å². The quantitative estimate of drug-likeness (QED) is 0.388. The number of aryl methyl sites for hydroxylation is 3. The predicted molar refractivity (Wildman–Crippen MR) is 135 cm³/mol. The third kappa shape index (κ3) is 4.86. The van der Waals surface area contributed by atoms with Gasteiger partial charge in [0.25, 0.3) is 15.6 Å². The summed E-state index contributed by atoms with van der Waals surface area (Å²) in [5.41, 5.74) is 2.63. The van der Waals surface area contributed by atoms with Crippen LogP contribution in [0.25, 0.3) is 22.3 Å². The molecule has 0 fully saturated rings. The number of rotatable bonds is 5. The van der Waals surface area contributed by atoms with Crippen molar-refractivity contribution in [2.45, 2.75) is 31.8 Å². The van der Waals surface area contributed by atoms with Gasteiger partial charge in [0.05, 0.1) is 17.1 Å². The van der Waals surface area contributed by atoms with Crippen molar-refractivity contribution < 1.29 is 12.8 Å². The van der Waals surface area contributed by atoms with Gasteiger partial charge in [-0.05, 0) is 50.6 Å². The highest BCUT2D eigenvalue weighted by molar-refractivity contribution is 7.89. The van der Waals surface area contributed by atoms with Crippen LogP contribution in [0.1, 0.15) is 29.7 Å². The fraction of sp³-hybridized carbons (Fsp3) is 0.208. The van der Waals surface area contributed by atoms with E-state index in [0.717, 1.165) is 5.56 Å². The first-order valence-electron chi connectivity index (χ1n) is 10.6. The van der Waals surface area contributed by atoms with Crippen LogP contribution in [-0.2, 0) is 17.1 Å². The number of nitrogens with one attached hydrogen (secondary N) is 1. The van der Waals surface area contributed by atoms with E-state index in [-0.39, 0.29) is 21.8 Å². The Hall–Kier alpha value is -3.47. The van der Waals surface area contributed by atoms with Crippen LogP contribution < -0.4 is 21.4 Å². The Morgan fingerprint density at radius 3 is 2.51 bits per heavy atom. The highest BCUT2D eigenvalue weighted by Crippen LogP contribution is 2.32. The first kappa shape index (κ1) is 24.6. The normalized spacial score (nSPS) is 12.6. The van der Waals surface area contributed by atoms with Crippen molar-refractivity contribution in [1.82, 2.24) is 9.55 Å². The summed E-state index contributed by atoms with van der Waals surface area (Å²) in [7, 11) is -2.53. The number of benzene rings is 1. The van der Waals surface area contributed by atoms with Crippen LogP contribution in [0.3, 0.4) is 0 Å². The van der Waals surface area contributed by atoms with E-state index in [1.54, 1.807) is 39.2 Å². The molecule has 0 aliphatic carbocycles. The largest absolute Gasteiger partial charge is 0.455 e. The van der Waals surface area contributed by atoms with Crippen LogP contribution in [0.5, 0.6) is 0 Å². The van der Waals surface area contributed by atoms with Gasteiger partial charge in [-0.2, -0.15) is 0 Å². The van der Waals surface area contributed by atoms with Crippen molar-refractivity contribution in [3.05, 3.63) is 85.0 Å². The summed E-state index contributed by atoms with van der Waals surface area (Å²) in [5.74, 6) is 0.303. The molecule has 0 saturated heterocycles. The van der Waals surface area contributed by atoms with Crippen LogP contribution in [-0.4, -0.2) is 18.0 Å². The number of hydrogen-bond acceptors (Lipinski definition) is 7. The zero-order valence-electron chi connectivity index (χ0n) is 19.4. The van der Waals surface area contributed by atoms with Gasteiger partial charge in [0.2, 0.25) is 0 Å². The van der Waals surface area contributed by atoms with Crippen molar-refractivity contribution in [2.75, 3.05) is 5.32 Å². The number of aromatic nitrogens is 2. The number of pyridine rings is 2. The number of hydrogen-bond donors (Lipinski definition) is 2. The molecule has 9 nitrogen and oxygen atoms in total. The van der Waals surface area contributed by atoms with Crippen molar-refractivity contribution in [3.63, 3.8) is 0 Å². The summed E-state index contributed by atoms with van der Waals surface area (Å²) >= 11 is 5.87. The van der Waals surface area contributed by atoms with Crippen molar-refractivity contribution in [1.29, 1.82) is 0 Å². The average Bonchev–Trinajstić information content (AvgIpc) is 2.77. The predicted octanol–water partition coefficient (Wildman–Crippen LogP) is 3.64. The fourth-order valence-electron chi connectivity index (χ4n) is 3.97. The Bertz CT molecular complexity index is 1680. The molecule has 3 N–H and O–H groups in total. The zero-order valence-corrected chi connectivity index (χ0v) is 21.0. The van der Waals surface area contributed by atoms with Crippen molar-refractivity contribution in [3.8, 4) is 11.3 Å². The molecule has 0 aliphatic rings. The lowest BCUT2D eigenvalue weighted by Gasteiger charge is -2.19. The minimum atomic E-state index is -4.15. The third-order valence-corrected chi connectivity index (χ3v) is 6.64. The van der Waals surface area contributed by atoms with Crippen LogP contribution in [0, 0.1) is 13.8 Å². The number of fused-ring (bicyclic) bond motifs is 1. The third-order valence-electron chi connectivity index (χ3n) is 5.58. The van der Waals surface area contributed by atoms with E-state index in [1.165, 1.54) is 22.8 Å². The lowest BCUT2D eigenvalue weighted by atomic mass is 10.0. The molecular weight excluding hydrogens is 492 g/mol. The molecule has 11 heteroatoms. The highest BCUT2D eigenvalue weighted by atomic mass is 35.5. The second kappa shape index (κ2) is 8.95. The standard InChI is InChI=1S/C24H23ClN4O5S/c1-12-7-16(14(3)27-18-5-6-21(25)28-23(18)35(26,32)33)22-17(8-12)19(30)10-20(34-22)15-9-13(2)24(31)29(4)11-15/h5-11,14,27H,1-4H3,(H2,26,32,33)/t14-/m1/s1. The maximum atomic E-state index is 13.0. The van der Waals surface area contributed by atoms with Crippen LogP contribution >= 0.6 is 11.6 Å². The number of nitrogens with zero attached hydrogens (tertiary/aromatic N) is 2.